The molecule has 0 saturated heterocycles. The summed E-state index contributed by atoms with van der Waals surface area (Å²) < 4.78 is 0. The van der Waals surface area contributed by atoms with E-state index in [1.807, 2.05) is 0 Å². The van der Waals surface area contributed by atoms with Crippen molar-refractivity contribution in [3.8, 4) is 0 Å². The van der Waals surface area contributed by atoms with Crippen LogP contribution in [-0.4, -0.2) is 40.3 Å². The van der Waals surface area contributed by atoms with Crippen molar-refractivity contribution in [3.63, 3.8) is 0 Å². The zero-order chi connectivity index (χ0) is 13.1. The van der Waals surface area contributed by atoms with Crippen LogP contribution in [0.2, 0.25) is 0 Å². The highest BCUT2D eigenvalue weighted by molar-refractivity contribution is 5.87. The molecule has 94 valence electrons. The van der Waals surface area contributed by atoms with Crippen molar-refractivity contribution < 1.29 is 19.8 Å². The highest BCUT2D eigenvalue weighted by Crippen LogP contribution is 2.17. The summed E-state index contributed by atoms with van der Waals surface area (Å²) in [6.07, 6.45) is -1.17. The highest BCUT2D eigenvalue weighted by Gasteiger charge is 2.32. The highest BCUT2D eigenvalue weighted by atomic mass is 16.4. The van der Waals surface area contributed by atoms with Crippen LogP contribution < -0.4 is 11.1 Å². The van der Waals surface area contributed by atoms with E-state index in [1.165, 1.54) is 6.92 Å². The summed E-state index contributed by atoms with van der Waals surface area (Å²) in [6, 6.07) is -2.16. The number of nitrogens with two attached hydrogens (primary N) is 1. The van der Waals surface area contributed by atoms with Gasteiger partial charge >= 0.3 is 5.97 Å². The van der Waals surface area contributed by atoms with Crippen LogP contribution in [0.3, 0.4) is 0 Å². The van der Waals surface area contributed by atoms with E-state index in [2.05, 4.69) is 5.32 Å². The lowest BCUT2D eigenvalue weighted by Gasteiger charge is -2.27. The zero-order valence-corrected chi connectivity index (χ0v) is 10.0. The lowest BCUT2D eigenvalue weighted by atomic mass is 9.86. The minimum absolute atomic E-state index is 0.466. The summed E-state index contributed by atoms with van der Waals surface area (Å²) in [7, 11) is 0. The number of hydrogen-bond acceptors (Lipinski definition) is 4. The third kappa shape index (κ3) is 4.16. The molecule has 0 spiro atoms. The third-order valence-electron chi connectivity index (χ3n) is 2.26. The van der Waals surface area contributed by atoms with E-state index in [4.69, 9.17) is 10.8 Å². The largest absolute Gasteiger partial charge is 0.480 e. The number of carbonyl (C=O) groups is 2. The molecule has 6 nitrogen and oxygen atoms in total. The Hall–Kier alpha value is -1.14. The van der Waals surface area contributed by atoms with Gasteiger partial charge in [-0.2, -0.15) is 0 Å². The molecule has 0 aromatic rings. The van der Waals surface area contributed by atoms with Gasteiger partial charge in [0.1, 0.15) is 0 Å². The number of nitrogens with one attached hydrogen (secondary N) is 1. The second-order valence-electron chi connectivity index (χ2n) is 4.91. The number of rotatable bonds is 4. The van der Waals surface area contributed by atoms with E-state index < -0.39 is 35.5 Å². The molecule has 0 rings (SSSR count). The van der Waals surface area contributed by atoms with E-state index in [9.17, 15) is 14.7 Å². The lowest BCUT2D eigenvalue weighted by Crippen LogP contribution is -2.55. The maximum absolute atomic E-state index is 11.6. The van der Waals surface area contributed by atoms with Crippen molar-refractivity contribution in [2.75, 3.05) is 0 Å². The quantitative estimate of drug-likeness (QED) is 0.512. The number of carboxylic acid groups (broad SMARTS) is 1. The van der Waals surface area contributed by atoms with Crippen molar-refractivity contribution in [2.24, 2.45) is 11.1 Å². The fourth-order valence-electron chi connectivity index (χ4n) is 1.03. The van der Waals surface area contributed by atoms with E-state index in [0.717, 1.165) is 0 Å². The number of aliphatic hydroxyl groups excluding tert-OH is 1. The number of aliphatic hydroxyl groups is 1. The van der Waals surface area contributed by atoms with Gasteiger partial charge in [-0.15, -0.1) is 0 Å². The predicted octanol–water partition coefficient (Wildman–Crippen LogP) is -0.690. The van der Waals surface area contributed by atoms with Gasteiger partial charge in [0.05, 0.1) is 12.1 Å². The van der Waals surface area contributed by atoms with Crippen LogP contribution in [0.5, 0.6) is 0 Å². The lowest BCUT2D eigenvalue weighted by molar-refractivity contribution is -0.145. The molecule has 1 unspecified atom stereocenters. The Morgan fingerprint density at radius 2 is 1.75 bits per heavy atom. The van der Waals surface area contributed by atoms with Gasteiger partial charge in [-0.1, -0.05) is 20.8 Å². The molecule has 1 amide bonds. The number of aliphatic carboxylic acids is 1. The molecule has 0 aliphatic rings. The molecule has 0 radical (unpaired) electrons. The van der Waals surface area contributed by atoms with Crippen LogP contribution in [0.25, 0.3) is 0 Å². The zero-order valence-electron chi connectivity index (χ0n) is 10.0. The van der Waals surface area contributed by atoms with Crippen LogP contribution >= 0.6 is 0 Å². The molecule has 0 aromatic heterocycles. The number of hydrogen-bond donors (Lipinski definition) is 4. The van der Waals surface area contributed by atoms with Gasteiger partial charge in [0, 0.05) is 0 Å². The maximum atomic E-state index is 11.6. The monoisotopic (exact) mass is 232 g/mol. The second-order valence-corrected chi connectivity index (χ2v) is 4.91. The van der Waals surface area contributed by atoms with E-state index >= 15 is 0 Å². The molecule has 6 heteroatoms. The Balaban J connectivity index is 4.60. The molecular formula is C10H20N2O4. The fourth-order valence-corrected chi connectivity index (χ4v) is 1.03. The van der Waals surface area contributed by atoms with Gasteiger partial charge < -0.3 is 21.3 Å². The minimum Gasteiger partial charge on any atom is -0.480 e. The Morgan fingerprint density at radius 3 is 2.00 bits per heavy atom. The van der Waals surface area contributed by atoms with Crippen LogP contribution in [0.1, 0.15) is 27.7 Å². The van der Waals surface area contributed by atoms with Gasteiger partial charge in [0.25, 0.3) is 0 Å². The Kier molecular flexibility index (Phi) is 4.89. The fraction of sp³-hybridized carbons (Fsp3) is 0.800. The standard InChI is InChI=1S/C10H20N2O4/c1-5(13)6(9(15)16)12-8(14)7(11)10(2,3)4/h5-7,13H,11H2,1-4H3,(H,12,14)(H,15,16)/t5-,6+,7?/m1/s1. The van der Waals surface area contributed by atoms with Crippen molar-refractivity contribution >= 4 is 11.9 Å². The summed E-state index contributed by atoms with van der Waals surface area (Å²) in [6.45, 7) is 6.61. The molecular weight excluding hydrogens is 212 g/mol. The summed E-state index contributed by atoms with van der Waals surface area (Å²) in [5, 5.41) is 20.1. The first-order chi connectivity index (χ1) is 7.07. The van der Waals surface area contributed by atoms with E-state index in [0.29, 0.717) is 0 Å². The van der Waals surface area contributed by atoms with Gasteiger partial charge in [-0.05, 0) is 12.3 Å². The Morgan fingerprint density at radius 1 is 1.31 bits per heavy atom. The van der Waals surface area contributed by atoms with Crippen LogP contribution in [-0.2, 0) is 9.59 Å². The average Bonchev–Trinajstić information content (AvgIpc) is 2.09. The number of carbonyl (C=O) groups excluding carboxylic acids is 1. The van der Waals surface area contributed by atoms with Crippen molar-refractivity contribution in [1.29, 1.82) is 0 Å². The molecule has 0 saturated carbocycles. The average molecular weight is 232 g/mol. The molecule has 0 aliphatic heterocycles. The minimum atomic E-state index is -1.33. The molecule has 0 bridgehead atoms. The maximum Gasteiger partial charge on any atom is 0.328 e. The number of amides is 1. The normalized spacial score (nSPS) is 17.4. The smallest absolute Gasteiger partial charge is 0.328 e. The third-order valence-corrected chi connectivity index (χ3v) is 2.26. The summed E-state index contributed by atoms with van der Waals surface area (Å²) in [5.41, 5.74) is 5.19. The van der Waals surface area contributed by atoms with E-state index in [-0.39, 0.29) is 0 Å². The van der Waals surface area contributed by atoms with Gasteiger partial charge in [0.15, 0.2) is 6.04 Å². The molecule has 16 heavy (non-hydrogen) atoms. The van der Waals surface area contributed by atoms with Crippen LogP contribution in [0.4, 0.5) is 0 Å². The first-order valence-electron chi connectivity index (χ1n) is 5.04. The van der Waals surface area contributed by atoms with E-state index in [1.54, 1.807) is 20.8 Å². The molecule has 3 atom stereocenters. The molecule has 0 aromatic carbocycles. The molecule has 0 aliphatic carbocycles. The van der Waals surface area contributed by atoms with Crippen molar-refractivity contribution in [1.82, 2.24) is 5.32 Å². The van der Waals surface area contributed by atoms with Crippen molar-refractivity contribution in [3.05, 3.63) is 0 Å². The molecule has 5 N–H and O–H groups in total. The van der Waals surface area contributed by atoms with Gasteiger partial charge in [-0.3, -0.25) is 4.79 Å². The van der Waals surface area contributed by atoms with Gasteiger partial charge in [0.2, 0.25) is 5.91 Å². The molecule has 0 fully saturated rings. The topological polar surface area (TPSA) is 113 Å². The van der Waals surface area contributed by atoms with Gasteiger partial charge in [-0.25, -0.2) is 4.79 Å². The van der Waals surface area contributed by atoms with Crippen molar-refractivity contribution in [2.45, 2.75) is 45.9 Å². The summed E-state index contributed by atoms with van der Waals surface area (Å²) >= 11 is 0. The SMILES string of the molecule is C[C@@H](O)[C@H](NC(=O)C(N)C(C)(C)C)C(=O)O. The first-order valence-corrected chi connectivity index (χ1v) is 5.04. The predicted molar refractivity (Wildman–Crippen MR) is 58.7 cm³/mol. The second kappa shape index (κ2) is 5.27. The first kappa shape index (κ1) is 14.9. The number of carboxylic acids is 1. The Labute approximate surface area is 94.8 Å². The Bertz CT molecular complexity index is 270. The summed E-state index contributed by atoms with van der Waals surface area (Å²) in [5.74, 6) is -1.87. The molecule has 0 heterocycles. The van der Waals surface area contributed by atoms with Crippen LogP contribution in [0, 0.1) is 5.41 Å². The van der Waals surface area contributed by atoms with Crippen LogP contribution in [0.15, 0.2) is 0 Å². The summed E-state index contributed by atoms with van der Waals surface area (Å²) in [4.78, 5) is 22.3.